The molecule has 1 unspecified atom stereocenters. The SMILES string of the molecule is CCCCCCCCCCN1/C(=C\C2=CC3=C/C(=C/c4sc5cc(-c6ccccc6)ccc5[n+]4CCCCCCCCCC)CCC3CC2)Sc2cc(-c3ccccc3)ccc21. The molecule has 5 aromatic rings. The van der Waals surface area contributed by atoms with E-state index in [0.29, 0.717) is 5.92 Å². The number of allylic oxidation sites excluding steroid dienone is 6. The molecule has 0 saturated heterocycles. The standard InChI is InChI=1S/C58H71N2S2/c1-3-5-7-9-11-13-15-23-37-59-53-35-33-50(47-25-19-17-20-26-47)43-55(53)61-57(59)41-45-29-31-49-32-30-46(40-52(49)39-45)42-58-60(38-24-16-14-12-10-8-6-4-2)54-36-34-51(44-56(54)62-58)48-27-21-18-22-28-48/h17-22,25-28,33-36,39-44,49H,3-16,23-24,29-32,37-38H2,1-2H3/q+1. The van der Waals surface area contributed by atoms with Crippen LogP contribution in [0.15, 0.2) is 142 Å². The number of nitrogens with zero attached hydrogens (tertiary/aromatic N) is 2. The van der Waals surface area contributed by atoms with Gasteiger partial charge < -0.3 is 4.90 Å². The zero-order valence-corrected chi connectivity index (χ0v) is 39.5. The summed E-state index contributed by atoms with van der Waals surface area (Å²) in [6.45, 7) is 6.81. The van der Waals surface area contributed by atoms with Crippen molar-refractivity contribution in [2.45, 2.75) is 154 Å². The number of unbranched alkanes of at least 4 members (excludes halogenated alkanes) is 14. The van der Waals surface area contributed by atoms with Crippen molar-refractivity contribution in [1.29, 1.82) is 0 Å². The van der Waals surface area contributed by atoms with Crippen LogP contribution in [0.4, 0.5) is 5.69 Å². The number of rotatable bonds is 22. The zero-order chi connectivity index (χ0) is 42.4. The minimum Gasteiger partial charge on any atom is -0.335 e. The lowest BCUT2D eigenvalue weighted by Gasteiger charge is -2.29. The number of thiazole rings is 1. The van der Waals surface area contributed by atoms with Crippen LogP contribution in [0.25, 0.3) is 38.5 Å². The van der Waals surface area contributed by atoms with Crippen LogP contribution in [0.3, 0.4) is 0 Å². The van der Waals surface area contributed by atoms with E-state index in [-0.39, 0.29) is 0 Å². The lowest BCUT2D eigenvalue weighted by atomic mass is 9.77. The normalized spacial score (nSPS) is 17.5. The first kappa shape index (κ1) is 44.5. The lowest BCUT2D eigenvalue weighted by Crippen LogP contribution is -2.35. The average molecular weight is 860 g/mol. The van der Waals surface area contributed by atoms with E-state index in [1.807, 2.05) is 23.1 Å². The fraction of sp³-hybridized carbons (Fsp3) is 0.431. The predicted octanol–water partition coefficient (Wildman–Crippen LogP) is 17.7. The topological polar surface area (TPSA) is 7.12 Å². The van der Waals surface area contributed by atoms with Gasteiger partial charge in [-0.3, -0.25) is 0 Å². The summed E-state index contributed by atoms with van der Waals surface area (Å²) in [5.41, 5.74) is 12.5. The smallest absolute Gasteiger partial charge is 0.263 e. The molecule has 1 aromatic heterocycles. The second kappa shape index (κ2) is 23.0. The molecule has 0 spiro atoms. The second-order valence-electron chi connectivity index (χ2n) is 18.2. The molecule has 0 bridgehead atoms. The Morgan fingerprint density at radius 2 is 1.21 bits per heavy atom. The fourth-order valence-electron chi connectivity index (χ4n) is 9.87. The number of anilines is 1. The molecule has 0 amide bonds. The van der Waals surface area contributed by atoms with Crippen LogP contribution in [0.2, 0.25) is 0 Å². The van der Waals surface area contributed by atoms with E-state index in [0.717, 1.165) is 13.1 Å². The van der Waals surface area contributed by atoms with Gasteiger partial charge in [-0.2, -0.15) is 4.57 Å². The number of hydrogen-bond acceptors (Lipinski definition) is 3. The first-order valence-corrected chi connectivity index (χ1v) is 26.3. The van der Waals surface area contributed by atoms with E-state index in [9.17, 15) is 0 Å². The summed E-state index contributed by atoms with van der Waals surface area (Å²) in [4.78, 5) is 4.04. The van der Waals surface area contributed by atoms with E-state index >= 15 is 0 Å². The molecular weight excluding hydrogens is 789 g/mol. The number of thioether (sulfide) groups is 1. The predicted molar refractivity (Wildman–Crippen MR) is 272 cm³/mol. The third kappa shape index (κ3) is 11.7. The minimum atomic E-state index is 0.671. The van der Waals surface area contributed by atoms with Gasteiger partial charge in [0.1, 0.15) is 4.70 Å². The van der Waals surface area contributed by atoms with E-state index in [1.165, 1.54) is 193 Å². The molecule has 324 valence electrons. The third-order valence-corrected chi connectivity index (χ3v) is 15.7. The molecule has 2 nitrogen and oxygen atoms in total. The Kier molecular flexibility index (Phi) is 16.5. The number of hydrogen-bond donors (Lipinski definition) is 0. The molecule has 4 aromatic carbocycles. The summed E-state index contributed by atoms with van der Waals surface area (Å²) in [6.07, 6.45) is 36.7. The van der Waals surface area contributed by atoms with E-state index in [1.54, 1.807) is 5.57 Å². The average Bonchev–Trinajstić information content (AvgIpc) is 3.83. The Bertz CT molecular complexity index is 2330. The van der Waals surface area contributed by atoms with Gasteiger partial charge in [-0.1, -0.05) is 199 Å². The first-order valence-electron chi connectivity index (χ1n) is 24.7. The molecule has 0 radical (unpaired) electrons. The van der Waals surface area contributed by atoms with Crippen molar-refractivity contribution in [1.82, 2.24) is 0 Å². The van der Waals surface area contributed by atoms with E-state index in [4.69, 9.17) is 0 Å². The fourth-order valence-corrected chi connectivity index (χ4v) is 12.3. The number of aryl methyl sites for hydroxylation is 1. The van der Waals surface area contributed by atoms with Crippen LogP contribution in [-0.2, 0) is 6.54 Å². The first-order chi connectivity index (χ1) is 30.7. The van der Waals surface area contributed by atoms with E-state index in [2.05, 4.69) is 145 Å². The minimum absolute atomic E-state index is 0.671. The van der Waals surface area contributed by atoms with Crippen molar-refractivity contribution in [2.24, 2.45) is 5.92 Å². The number of fused-ring (bicyclic) bond motifs is 3. The molecule has 62 heavy (non-hydrogen) atoms. The zero-order valence-electron chi connectivity index (χ0n) is 37.9. The van der Waals surface area contributed by atoms with Crippen molar-refractivity contribution < 1.29 is 4.57 Å². The Labute approximate surface area is 383 Å². The van der Waals surface area contributed by atoms with Crippen molar-refractivity contribution in [3.63, 3.8) is 0 Å². The maximum Gasteiger partial charge on any atom is 0.263 e. The van der Waals surface area contributed by atoms with Gasteiger partial charge >= 0.3 is 0 Å². The Balaban J connectivity index is 1.02. The van der Waals surface area contributed by atoms with Crippen LogP contribution in [0, 0.1) is 5.92 Å². The molecule has 2 aliphatic carbocycles. The third-order valence-electron chi connectivity index (χ3n) is 13.5. The summed E-state index contributed by atoms with van der Waals surface area (Å²) in [7, 11) is 0. The molecular formula is C58H71N2S2+. The summed E-state index contributed by atoms with van der Waals surface area (Å²) < 4.78 is 4.04. The van der Waals surface area contributed by atoms with Crippen LogP contribution in [0.1, 0.15) is 147 Å². The van der Waals surface area contributed by atoms with Gasteiger partial charge in [-0.05, 0) is 114 Å². The molecule has 8 rings (SSSR count). The highest BCUT2D eigenvalue weighted by molar-refractivity contribution is 8.03. The van der Waals surface area contributed by atoms with Crippen LogP contribution in [-0.4, -0.2) is 6.54 Å². The van der Waals surface area contributed by atoms with Gasteiger partial charge in [0.05, 0.1) is 10.7 Å². The van der Waals surface area contributed by atoms with Crippen LogP contribution in [0.5, 0.6) is 0 Å². The molecule has 0 saturated carbocycles. The van der Waals surface area contributed by atoms with Crippen molar-refractivity contribution in [3.8, 4) is 22.3 Å². The summed E-state index contributed by atoms with van der Waals surface area (Å²) in [6, 6.07) is 36.1. The molecule has 2 heterocycles. The second-order valence-corrected chi connectivity index (χ2v) is 20.4. The lowest BCUT2D eigenvalue weighted by molar-refractivity contribution is -0.669. The monoisotopic (exact) mass is 860 g/mol. The number of aromatic nitrogens is 1. The quantitative estimate of drug-likeness (QED) is 0.0506. The van der Waals surface area contributed by atoms with Gasteiger partial charge in [-0.15, -0.1) is 0 Å². The van der Waals surface area contributed by atoms with Gasteiger partial charge in [0.2, 0.25) is 5.52 Å². The molecule has 0 N–H and O–H groups in total. The van der Waals surface area contributed by atoms with Crippen molar-refractivity contribution in [2.75, 3.05) is 11.4 Å². The molecule has 4 heteroatoms. The van der Waals surface area contributed by atoms with Gasteiger partial charge in [0.25, 0.3) is 5.01 Å². The van der Waals surface area contributed by atoms with Crippen LogP contribution >= 0.6 is 23.1 Å². The van der Waals surface area contributed by atoms with E-state index < -0.39 is 0 Å². The maximum atomic E-state index is 2.65. The summed E-state index contributed by atoms with van der Waals surface area (Å²) in [5, 5.41) is 2.82. The van der Waals surface area contributed by atoms with Crippen molar-refractivity contribution in [3.05, 3.63) is 142 Å². The highest BCUT2D eigenvalue weighted by atomic mass is 32.2. The Hall–Kier alpha value is -4.12. The highest BCUT2D eigenvalue weighted by Gasteiger charge is 2.28. The largest absolute Gasteiger partial charge is 0.335 e. The molecule has 0 fully saturated rings. The molecule has 3 aliphatic rings. The van der Waals surface area contributed by atoms with Crippen molar-refractivity contribution >= 4 is 45.1 Å². The molecule has 1 atom stereocenters. The van der Waals surface area contributed by atoms with Gasteiger partial charge in [-0.25, -0.2) is 0 Å². The Morgan fingerprint density at radius 1 is 0.597 bits per heavy atom. The van der Waals surface area contributed by atoms with Gasteiger partial charge in [0.15, 0.2) is 6.54 Å². The molecule has 1 aliphatic heterocycles. The van der Waals surface area contributed by atoms with Gasteiger partial charge in [0, 0.05) is 30.0 Å². The highest BCUT2D eigenvalue weighted by Crippen LogP contribution is 2.49. The summed E-state index contributed by atoms with van der Waals surface area (Å²) in [5.74, 6) is 0.671. The number of benzene rings is 4. The maximum absolute atomic E-state index is 2.65. The van der Waals surface area contributed by atoms with Crippen LogP contribution < -0.4 is 9.47 Å². The summed E-state index contributed by atoms with van der Waals surface area (Å²) >= 11 is 3.97. The Morgan fingerprint density at radius 3 is 1.90 bits per heavy atom.